The molecule has 1 aliphatic rings. The Morgan fingerprint density at radius 2 is 2.14 bits per heavy atom. The number of ether oxygens (including phenoxy) is 2. The summed E-state index contributed by atoms with van der Waals surface area (Å²) in [5, 5.41) is 9.76. The number of nitrogens with zero attached hydrogens (tertiary/aromatic N) is 1. The molecular weight excluding hydrogens is 182 g/mol. The van der Waals surface area contributed by atoms with Crippen LogP contribution in [-0.4, -0.2) is 16.4 Å². The second-order valence-corrected chi connectivity index (χ2v) is 3.39. The maximum Gasteiger partial charge on any atom is 0.155 e. The monoisotopic (exact) mass is 195 g/mol. The molecule has 0 fully saturated rings. The highest BCUT2D eigenvalue weighted by atomic mass is 16.7. The van der Waals surface area contributed by atoms with E-state index in [2.05, 4.69) is 4.98 Å². The molecule has 0 bridgehead atoms. The van der Waals surface area contributed by atoms with E-state index in [-0.39, 0.29) is 12.0 Å². The Balaban J connectivity index is 2.41. The highest BCUT2D eigenvalue weighted by Crippen LogP contribution is 2.27. The van der Waals surface area contributed by atoms with Crippen LogP contribution in [0.5, 0.6) is 5.75 Å². The molecule has 1 atom stereocenters. The smallest absolute Gasteiger partial charge is 0.155 e. The van der Waals surface area contributed by atoms with E-state index in [0.717, 1.165) is 11.1 Å². The van der Waals surface area contributed by atoms with E-state index in [1.165, 1.54) is 0 Å². The SMILES string of the molecule is Cc1ncc2c(c1O)COC(C)OC2. The minimum Gasteiger partial charge on any atom is -0.506 e. The fourth-order valence-electron chi connectivity index (χ4n) is 1.43. The van der Waals surface area contributed by atoms with Gasteiger partial charge in [0, 0.05) is 17.3 Å². The third-order valence-corrected chi connectivity index (χ3v) is 2.37. The predicted molar refractivity (Wildman–Crippen MR) is 49.7 cm³/mol. The largest absolute Gasteiger partial charge is 0.506 e. The maximum atomic E-state index is 9.76. The molecule has 0 saturated carbocycles. The van der Waals surface area contributed by atoms with Gasteiger partial charge in [-0.25, -0.2) is 0 Å². The number of hydrogen-bond acceptors (Lipinski definition) is 4. The molecule has 0 spiro atoms. The van der Waals surface area contributed by atoms with Gasteiger partial charge in [-0.1, -0.05) is 0 Å². The molecule has 0 amide bonds. The maximum absolute atomic E-state index is 9.76. The summed E-state index contributed by atoms with van der Waals surface area (Å²) in [6.45, 7) is 4.43. The summed E-state index contributed by atoms with van der Waals surface area (Å²) in [5.74, 6) is 0.222. The van der Waals surface area contributed by atoms with Crippen LogP contribution in [0.25, 0.3) is 0 Å². The van der Waals surface area contributed by atoms with Crippen LogP contribution < -0.4 is 0 Å². The Kier molecular flexibility index (Phi) is 2.39. The van der Waals surface area contributed by atoms with Gasteiger partial charge in [0.05, 0.1) is 18.9 Å². The van der Waals surface area contributed by atoms with Crippen molar-refractivity contribution >= 4 is 0 Å². The van der Waals surface area contributed by atoms with E-state index in [0.29, 0.717) is 18.9 Å². The van der Waals surface area contributed by atoms with Crippen LogP contribution in [0.3, 0.4) is 0 Å². The molecule has 1 N–H and O–H groups in total. The number of rotatable bonds is 0. The quantitative estimate of drug-likeness (QED) is 0.681. The molecule has 14 heavy (non-hydrogen) atoms. The topological polar surface area (TPSA) is 51.6 Å². The van der Waals surface area contributed by atoms with Crippen LogP contribution in [0.2, 0.25) is 0 Å². The number of aromatic nitrogens is 1. The van der Waals surface area contributed by atoms with Gasteiger partial charge in [-0.2, -0.15) is 0 Å². The van der Waals surface area contributed by atoms with E-state index in [1.54, 1.807) is 13.1 Å². The molecule has 0 aromatic carbocycles. The fraction of sp³-hybridized carbons (Fsp3) is 0.500. The molecule has 1 aliphatic heterocycles. The first kappa shape index (κ1) is 9.43. The van der Waals surface area contributed by atoms with Gasteiger partial charge in [-0.05, 0) is 13.8 Å². The van der Waals surface area contributed by atoms with E-state index in [1.807, 2.05) is 6.92 Å². The summed E-state index contributed by atoms with van der Waals surface area (Å²) in [7, 11) is 0. The van der Waals surface area contributed by atoms with Gasteiger partial charge in [0.2, 0.25) is 0 Å². The molecule has 2 heterocycles. The third kappa shape index (κ3) is 1.58. The van der Waals surface area contributed by atoms with Crippen molar-refractivity contribution < 1.29 is 14.6 Å². The summed E-state index contributed by atoms with van der Waals surface area (Å²) < 4.78 is 10.7. The van der Waals surface area contributed by atoms with Crippen molar-refractivity contribution in [2.75, 3.05) is 0 Å². The summed E-state index contributed by atoms with van der Waals surface area (Å²) in [5.41, 5.74) is 2.32. The Hall–Kier alpha value is -1.13. The Bertz CT molecular complexity index is 351. The number of hydrogen-bond donors (Lipinski definition) is 1. The van der Waals surface area contributed by atoms with Crippen molar-refractivity contribution in [3.8, 4) is 5.75 Å². The normalized spacial score (nSPS) is 21.4. The zero-order valence-electron chi connectivity index (χ0n) is 8.28. The Morgan fingerprint density at radius 3 is 2.93 bits per heavy atom. The van der Waals surface area contributed by atoms with Crippen LogP contribution in [0.4, 0.5) is 0 Å². The molecule has 1 aromatic heterocycles. The van der Waals surface area contributed by atoms with E-state index < -0.39 is 0 Å². The average Bonchev–Trinajstić information content (AvgIpc) is 2.35. The lowest BCUT2D eigenvalue weighted by Gasteiger charge is -2.08. The molecule has 0 aliphatic carbocycles. The Morgan fingerprint density at radius 1 is 1.43 bits per heavy atom. The van der Waals surface area contributed by atoms with Crippen molar-refractivity contribution in [2.45, 2.75) is 33.4 Å². The first-order valence-corrected chi connectivity index (χ1v) is 4.58. The predicted octanol–water partition coefficient (Wildman–Crippen LogP) is 1.49. The van der Waals surface area contributed by atoms with E-state index >= 15 is 0 Å². The third-order valence-electron chi connectivity index (χ3n) is 2.37. The first-order chi connectivity index (χ1) is 6.68. The second-order valence-electron chi connectivity index (χ2n) is 3.39. The van der Waals surface area contributed by atoms with E-state index in [4.69, 9.17) is 9.47 Å². The lowest BCUT2D eigenvalue weighted by Crippen LogP contribution is -2.08. The van der Waals surface area contributed by atoms with Crippen molar-refractivity contribution in [3.63, 3.8) is 0 Å². The average molecular weight is 195 g/mol. The van der Waals surface area contributed by atoms with Gasteiger partial charge in [-0.15, -0.1) is 0 Å². The molecule has 0 radical (unpaired) electrons. The van der Waals surface area contributed by atoms with Gasteiger partial charge < -0.3 is 14.6 Å². The Labute approximate surface area is 82.5 Å². The second kappa shape index (κ2) is 3.55. The van der Waals surface area contributed by atoms with Gasteiger partial charge in [0.25, 0.3) is 0 Å². The molecule has 1 unspecified atom stereocenters. The summed E-state index contributed by atoms with van der Waals surface area (Å²) in [6, 6.07) is 0. The number of fused-ring (bicyclic) bond motifs is 1. The number of aryl methyl sites for hydroxylation is 1. The standard InChI is InChI=1S/C10H13NO3/c1-6-10(12)9-5-14-7(2)13-4-8(9)3-11-6/h3,7,12H,4-5H2,1-2H3. The minimum absolute atomic E-state index is 0.222. The number of pyridine rings is 1. The first-order valence-electron chi connectivity index (χ1n) is 4.58. The summed E-state index contributed by atoms with van der Waals surface area (Å²) in [4.78, 5) is 4.07. The summed E-state index contributed by atoms with van der Waals surface area (Å²) in [6.07, 6.45) is 1.49. The number of aromatic hydroxyl groups is 1. The lowest BCUT2D eigenvalue weighted by atomic mass is 10.1. The van der Waals surface area contributed by atoms with Crippen molar-refractivity contribution in [1.29, 1.82) is 0 Å². The van der Waals surface area contributed by atoms with Gasteiger partial charge in [0.1, 0.15) is 5.75 Å². The highest BCUT2D eigenvalue weighted by molar-refractivity contribution is 5.40. The van der Waals surface area contributed by atoms with Gasteiger partial charge >= 0.3 is 0 Å². The van der Waals surface area contributed by atoms with Crippen LogP contribution in [0.1, 0.15) is 23.7 Å². The fourth-order valence-corrected chi connectivity index (χ4v) is 1.43. The molecule has 0 saturated heterocycles. The molecule has 4 nitrogen and oxygen atoms in total. The zero-order valence-corrected chi connectivity index (χ0v) is 8.28. The highest BCUT2D eigenvalue weighted by Gasteiger charge is 2.17. The molecule has 4 heteroatoms. The summed E-state index contributed by atoms with van der Waals surface area (Å²) >= 11 is 0. The van der Waals surface area contributed by atoms with Crippen molar-refractivity contribution in [2.24, 2.45) is 0 Å². The van der Waals surface area contributed by atoms with Crippen LogP contribution >= 0.6 is 0 Å². The molecular formula is C10H13NO3. The van der Waals surface area contributed by atoms with E-state index in [9.17, 15) is 5.11 Å². The molecule has 1 aromatic rings. The zero-order chi connectivity index (χ0) is 10.1. The lowest BCUT2D eigenvalue weighted by molar-refractivity contribution is -0.136. The van der Waals surface area contributed by atoms with Crippen molar-refractivity contribution in [1.82, 2.24) is 4.98 Å². The van der Waals surface area contributed by atoms with Crippen LogP contribution in [-0.2, 0) is 22.7 Å². The minimum atomic E-state index is -0.234. The molecule has 2 rings (SSSR count). The molecule has 76 valence electrons. The van der Waals surface area contributed by atoms with Crippen LogP contribution in [0, 0.1) is 6.92 Å². The van der Waals surface area contributed by atoms with Crippen molar-refractivity contribution in [3.05, 3.63) is 23.0 Å². The van der Waals surface area contributed by atoms with Gasteiger partial charge in [0.15, 0.2) is 6.29 Å². The van der Waals surface area contributed by atoms with Gasteiger partial charge in [-0.3, -0.25) is 4.98 Å². The van der Waals surface area contributed by atoms with Crippen LogP contribution in [0.15, 0.2) is 6.20 Å².